The van der Waals surface area contributed by atoms with Crippen LogP contribution in [0.4, 0.5) is 5.13 Å². The molecule has 0 fully saturated rings. The molecule has 1 heterocycles. The number of anilines is 1. The standard InChI is InChI=1S/C16H18N2O2S/c1-11-7-8-13-14(9-11)21-16(17-13)18-15(19)10-20-12-5-3-2-4-6-12/h2-6,11H,7-10H2,1H3,(H,17,18,19). The van der Waals surface area contributed by atoms with Crippen molar-refractivity contribution in [2.24, 2.45) is 5.92 Å². The van der Waals surface area contributed by atoms with Crippen LogP contribution in [0.5, 0.6) is 5.75 Å². The molecule has 0 aliphatic heterocycles. The smallest absolute Gasteiger partial charge is 0.264 e. The highest BCUT2D eigenvalue weighted by Gasteiger charge is 2.20. The van der Waals surface area contributed by atoms with Crippen LogP contribution < -0.4 is 10.1 Å². The number of carbonyl (C=O) groups is 1. The molecule has 21 heavy (non-hydrogen) atoms. The van der Waals surface area contributed by atoms with Crippen molar-refractivity contribution in [2.75, 3.05) is 11.9 Å². The molecule has 1 N–H and O–H groups in total. The van der Waals surface area contributed by atoms with E-state index in [9.17, 15) is 4.79 Å². The molecule has 1 atom stereocenters. The van der Waals surface area contributed by atoms with E-state index in [0.717, 1.165) is 18.5 Å². The predicted molar refractivity (Wildman–Crippen MR) is 83.9 cm³/mol. The van der Waals surface area contributed by atoms with Crippen LogP contribution in [0.15, 0.2) is 30.3 Å². The summed E-state index contributed by atoms with van der Waals surface area (Å²) in [6, 6.07) is 9.33. The van der Waals surface area contributed by atoms with Crippen molar-refractivity contribution in [1.82, 2.24) is 4.98 Å². The molecule has 1 aliphatic rings. The predicted octanol–water partition coefficient (Wildman–Crippen LogP) is 3.29. The molecule has 0 bridgehead atoms. The number of amides is 1. The number of nitrogens with zero attached hydrogens (tertiary/aromatic N) is 1. The van der Waals surface area contributed by atoms with Gasteiger partial charge in [0, 0.05) is 4.88 Å². The summed E-state index contributed by atoms with van der Waals surface area (Å²) in [6.07, 6.45) is 3.27. The summed E-state index contributed by atoms with van der Waals surface area (Å²) in [7, 11) is 0. The normalized spacial score (nSPS) is 17.1. The van der Waals surface area contributed by atoms with Crippen molar-refractivity contribution in [3.8, 4) is 5.75 Å². The molecule has 3 rings (SSSR count). The highest BCUT2D eigenvalue weighted by Crippen LogP contribution is 2.31. The molecule has 0 spiro atoms. The van der Waals surface area contributed by atoms with Crippen molar-refractivity contribution in [1.29, 1.82) is 0 Å². The van der Waals surface area contributed by atoms with Crippen LogP contribution in [0, 0.1) is 5.92 Å². The lowest BCUT2D eigenvalue weighted by Crippen LogP contribution is -2.20. The Hall–Kier alpha value is -1.88. The molecule has 1 aromatic carbocycles. The van der Waals surface area contributed by atoms with Crippen LogP contribution in [-0.4, -0.2) is 17.5 Å². The summed E-state index contributed by atoms with van der Waals surface area (Å²) in [5.74, 6) is 1.24. The monoisotopic (exact) mass is 302 g/mol. The summed E-state index contributed by atoms with van der Waals surface area (Å²) in [4.78, 5) is 17.7. The fourth-order valence-corrected chi connectivity index (χ4v) is 3.60. The Kier molecular flexibility index (Phi) is 4.20. The lowest BCUT2D eigenvalue weighted by atomic mass is 9.93. The lowest BCUT2D eigenvalue weighted by Gasteiger charge is -2.15. The first-order valence-electron chi connectivity index (χ1n) is 7.17. The molecule has 1 aliphatic carbocycles. The van der Waals surface area contributed by atoms with Crippen LogP contribution in [0.3, 0.4) is 0 Å². The summed E-state index contributed by atoms with van der Waals surface area (Å²) in [5.41, 5.74) is 1.15. The van der Waals surface area contributed by atoms with Crippen LogP contribution in [0.25, 0.3) is 0 Å². The maximum atomic E-state index is 11.9. The van der Waals surface area contributed by atoms with Gasteiger partial charge in [0.25, 0.3) is 5.91 Å². The van der Waals surface area contributed by atoms with E-state index in [2.05, 4.69) is 17.2 Å². The molecule has 1 unspecified atom stereocenters. The van der Waals surface area contributed by atoms with E-state index < -0.39 is 0 Å². The van der Waals surface area contributed by atoms with Gasteiger partial charge in [0.05, 0.1) is 5.69 Å². The van der Waals surface area contributed by atoms with Crippen molar-refractivity contribution < 1.29 is 9.53 Å². The van der Waals surface area contributed by atoms with E-state index in [0.29, 0.717) is 16.8 Å². The number of para-hydroxylation sites is 1. The van der Waals surface area contributed by atoms with Crippen LogP contribution in [0.1, 0.15) is 23.9 Å². The molecule has 5 heteroatoms. The minimum absolute atomic E-state index is 0.00463. The second kappa shape index (κ2) is 6.26. The van der Waals surface area contributed by atoms with Crippen molar-refractivity contribution in [3.05, 3.63) is 40.9 Å². The van der Waals surface area contributed by atoms with E-state index in [1.54, 1.807) is 11.3 Å². The molecule has 110 valence electrons. The van der Waals surface area contributed by atoms with Crippen LogP contribution in [-0.2, 0) is 17.6 Å². The van der Waals surface area contributed by atoms with Gasteiger partial charge < -0.3 is 4.74 Å². The summed E-state index contributed by atoms with van der Waals surface area (Å²) >= 11 is 1.59. The number of thiazole rings is 1. The zero-order chi connectivity index (χ0) is 14.7. The number of ether oxygens (including phenoxy) is 1. The molecule has 0 saturated heterocycles. The quantitative estimate of drug-likeness (QED) is 0.943. The third-order valence-corrected chi connectivity index (χ3v) is 4.58. The SMILES string of the molecule is CC1CCc2nc(NC(=O)COc3ccccc3)sc2C1. The second-order valence-corrected chi connectivity index (χ2v) is 6.47. The van der Waals surface area contributed by atoms with Gasteiger partial charge in [0.15, 0.2) is 11.7 Å². The Balaban J connectivity index is 1.55. The van der Waals surface area contributed by atoms with E-state index >= 15 is 0 Å². The number of benzene rings is 1. The zero-order valence-electron chi connectivity index (χ0n) is 12.0. The van der Waals surface area contributed by atoms with Gasteiger partial charge in [-0.25, -0.2) is 4.98 Å². The van der Waals surface area contributed by atoms with Gasteiger partial charge >= 0.3 is 0 Å². The maximum absolute atomic E-state index is 11.9. The number of hydrogen-bond donors (Lipinski definition) is 1. The Morgan fingerprint density at radius 3 is 3.05 bits per heavy atom. The minimum atomic E-state index is -0.169. The fourth-order valence-electron chi connectivity index (χ4n) is 2.41. The first kappa shape index (κ1) is 14.1. The zero-order valence-corrected chi connectivity index (χ0v) is 12.8. The lowest BCUT2D eigenvalue weighted by molar-refractivity contribution is -0.118. The Labute approximate surface area is 128 Å². The summed E-state index contributed by atoms with van der Waals surface area (Å²) < 4.78 is 5.42. The molecule has 1 aromatic heterocycles. The van der Waals surface area contributed by atoms with Gasteiger partial charge in [0.2, 0.25) is 0 Å². The summed E-state index contributed by atoms with van der Waals surface area (Å²) in [5, 5.41) is 3.52. The maximum Gasteiger partial charge on any atom is 0.264 e. The largest absolute Gasteiger partial charge is 0.484 e. The number of nitrogens with one attached hydrogen (secondary N) is 1. The number of aryl methyl sites for hydroxylation is 1. The molecule has 2 aromatic rings. The number of rotatable bonds is 4. The number of aromatic nitrogens is 1. The molecule has 0 saturated carbocycles. The van der Waals surface area contributed by atoms with E-state index in [1.807, 2.05) is 30.3 Å². The number of fused-ring (bicyclic) bond motifs is 1. The molecule has 1 amide bonds. The van der Waals surface area contributed by atoms with E-state index in [1.165, 1.54) is 11.3 Å². The molecular formula is C16H18N2O2S. The molecule has 4 nitrogen and oxygen atoms in total. The minimum Gasteiger partial charge on any atom is -0.484 e. The molecular weight excluding hydrogens is 284 g/mol. The average molecular weight is 302 g/mol. The summed E-state index contributed by atoms with van der Waals surface area (Å²) in [6.45, 7) is 2.26. The van der Waals surface area contributed by atoms with E-state index in [-0.39, 0.29) is 12.5 Å². The Morgan fingerprint density at radius 2 is 2.24 bits per heavy atom. The van der Waals surface area contributed by atoms with Gasteiger partial charge in [-0.15, -0.1) is 11.3 Å². The number of hydrogen-bond acceptors (Lipinski definition) is 4. The van der Waals surface area contributed by atoms with Gasteiger partial charge in [-0.05, 0) is 37.3 Å². The highest BCUT2D eigenvalue weighted by molar-refractivity contribution is 7.15. The van der Waals surface area contributed by atoms with Gasteiger partial charge in [0.1, 0.15) is 5.75 Å². The van der Waals surface area contributed by atoms with Gasteiger partial charge in [-0.1, -0.05) is 25.1 Å². The topological polar surface area (TPSA) is 51.2 Å². The Morgan fingerprint density at radius 1 is 1.43 bits per heavy atom. The van der Waals surface area contributed by atoms with Crippen LogP contribution >= 0.6 is 11.3 Å². The average Bonchev–Trinajstić information content (AvgIpc) is 2.87. The first-order chi connectivity index (χ1) is 10.2. The van der Waals surface area contributed by atoms with Crippen molar-refractivity contribution >= 4 is 22.4 Å². The third-order valence-electron chi connectivity index (χ3n) is 3.55. The van der Waals surface area contributed by atoms with Crippen molar-refractivity contribution in [2.45, 2.75) is 26.2 Å². The fraction of sp³-hybridized carbons (Fsp3) is 0.375. The second-order valence-electron chi connectivity index (χ2n) is 5.39. The number of carbonyl (C=O) groups excluding carboxylic acids is 1. The van der Waals surface area contributed by atoms with E-state index in [4.69, 9.17) is 4.74 Å². The van der Waals surface area contributed by atoms with Gasteiger partial charge in [-0.2, -0.15) is 0 Å². The van der Waals surface area contributed by atoms with Crippen LogP contribution in [0.2, 0.25) is 0 Å². The van der Waals surface area contributed by atoms with Gasteiger partial charge in [-0.3, -0.25) is 10.1 Å². The highest BCUT2D eigenvalue weighted by atomic mass is 32.1. The van der Waals surface area contributed by atoms with Crippen molar-refractivity contribution in [3.63, 3.8) is 0 Å². The first-order valence-corrected chi connectivity index (χ1v) is 7.98. The Bertz CT molecular complexity index is 624. The third kappa shape index (κ3) is 3.61. The molecule has 0 radical (unpaired) electrons.